The zero-order chi connectivity index (χ0) is 15.0. The largest absolute Gasteiger partial charge is 0.508 e. The smallest absolute Gasteiger partial charge is 0.256 e. The third kappa shape index (κ3) is 2.79. The second-order valence-electron chi connectivity index (χ2n) is 5.71. The molecule has 1 saturated carbocycles. The molecule has 0 bridgehead atoms. The quantitative estimate of drug-likeness (QED) is 0.568. The Labute approximate surface area is 122 Å². The Morgan fingerprint density at radius 1 is 1.29 bits per heavy atom. The Bertz CT molecular complexity index is 584. The lowest BCUT2D eigenvalue weighted by Crippen LogP contribution is -2.46. The van der Waals surface area contributed by atoms with Crippen LogP contribution in [0.25, 0.3) is 0 Å². The maximum atomic E-state index is 12.6. The van der Waals surface area contributed by atoms with Gasteiger partial charge in [0, 0.05) is 18.3 Å². The van der Waals surface area contributed by atoms with E-state index in [4.69, 9.17) is 5.73 Å². The maximum absolute atomic E-state index is 12.6. The number of phenolic OH excluding ortho intramolecular Hbond substituents is 1. The van der Waals surface area contributed by atoms with Gasteiger partial charge in [-0.05, 0) is 43.9 Å². The van der Waals surface area contributed by atoms with Gasteiger partial charge in [-0.2, -0.15) is 0 Å². The molecule has 1 heterocycles. The van der Waals surface area contributed by atoms with Gasteiger partial charge in [0.2, 0.25) is 5.91 Å². The van der Waals surface area contributed by atoms with Crippen molar-refractivity contribution in [2.45, 2.75) is 37.8 Å². The molecule has 4 N–H and O–H groups in total. The number of nitrogen functional groups attached to an aromatic ring is 1. The highest BCUT2D eigenvalue weighted by molar-refractivity contribution is 6.02. The van der Waals surface area contributed by atoms with Crippen LogP contribution in [0, 0.1) is 0 Å². The molecule has 1 atom stereocenters. The van der Waals surface area contributed by atoms with Crippen molar-refractivity contribution in [2.24, 2.45) is 0 Å². The second kappa shape index (κ2) is 5.27. The summed E-state index contributed by atoms with van der Waals surface area (Å²) in [4.78, 5) is 26.4. The van der Waals surface area contributed by atoms with Crippen LogP contribution in [0.1, 0.15) is 36.0 Å². The zero-order valence-corrected chi connectivity index (χ0v) is 11.7. The van der Waals surface area contributed by atoms with Crippen LogP contribution >= 0.6 is 0 Å². The third-order valence-electron chi connectivity index (χ3n) is 4.01. The maximum Gasteiger partial charge on any atom is 0.256 e. The minimum absolute atomic E-state index is 0.00858. The Balaban J connectivity index is 1.78. The molecule has 6 heteroatoms. The Morgan fingerprint density at radius 3 is 2.76 bits per heavy atom. The molecule has 2 aliphatic rings. The van der Waals surface area contributed by atoms with Crippen molar-refractivity contribution in [3.63, 3.8) is 0 Å². The number of rotatable bonds is 3. The predicted molar refractivity (Wildman–Crippen MR) is 77.7 cm³/mol. The van der Waals surface area contributed by atoms with Crippen molar-refractivity contribution >= 4 is 17.5 Å². The fraction of sp³-hybridized carbons (Fsp3) is 0.467. The van der Waals surface area contributed by atoms with Crippen molar-refractivity contribution in [1.82, 2.24) is 10.2 Å². The summed E-state index contributed by atoms with van der Waals surface area (Å²) >= 11 is 0. The average molecular weight is 289 g/mol. The summed E-state index contributed by atoms with van der Waals surface area (Å²) in [7, 11) is 0. The van der Waals surface area contributed by atoms with Crippen molar-refractivity contribution in [2.75, 3.05) is 12.3 Å². The van der Waals surface area contributed by atoms with E-state index in [-0.39, 0.29) is 29.2 Å². The van der Waals surface area contributed by atoms with Crippen LogP contribution < -0.4 is 11.1 Å². The number of benzene rings is 1. The summed E-state index contributed by atoms with van der Waals surface area (Å²) in [6.07, 6.45) is 3.51. The van der Waals surface area contributed by atoms with Crippen LogP contribution in [0.5, 0.6) is 5.75 Å². The molecule has 1 aromatic rings. The van der Waals surface area contributed by atoms with Crippen LogP contribution in [-0.4, -0.2) is 40.4 Å². The molecule has 2 amide bonds. The van der Waals surface area contributed by atoms with Gasteiger partial charge in [-0.1, -0.05) is 0 Å². The lowest BCUT2D eigenvalue weighted by molar-refractivity contribution is -0.125. The summed E-state index contributed by atoms with van der Waals surface area (Å²) in [5, 5.41) is 12.5. The minimum atomic E-state index is -0.431. The predicted octanol–water partition coefficient (Wildman–Crippen LogP) is 0.858. The highest BCUT2D eigenvalue weighted by Gasteiger charge is 2.37. The molecule has 1 aliphatic carbocycles. The fourth-order valence-corrected chi connectivity index (χ4v) is 2.69. The van der Waals surface area contributed by atoms with Crippen molar-refractivity contribution in [3.8, 4) is 5.75 Å². The molecule has 0 radical (unpaired) electrons. The van der Waals surface area contributed by atoms with E-state index < -0.39 is 6.04 Å². The summed E-state index contributed by atoms with van der Waals surface area (Å²) in [6.45, 7) is 0.538. The van der Waals surface area contributed by atoms with Gasteiger partial charge in [-0.3, -0.25) is 9.59 Å². The van der Waals surface area contributed by atoms with E-state index in [1.807, 2.05) is 0 Å². The zero-order valence-electron chi connectivity index (χ0n) is 11.7. The molecule has 1 aromatic carbocycles. The monoisotopic (exact) mass is 289 g/mol. The lowest BCUT2D eigenvalue weighted by atomic mass is 10.1. The first-order valence-electron chi connectivity index (χ1n) is 7.26. The number of phenols is 1. The van der Waals surface area contributed by atoms with Crippen LogP contribution in [0.2, 0.25) is 0 Å². The van der Waals surface area contributed by atoms with E-state index in [9.17, 15) is 14.7 Å². The molecule has 0 aromatic heterocycles. The number of nitrogens with two attached hydrogens (primary N) is 1. The molecule has 21 heavy (non-hydrogen) atoms. The number of carbonyl (C=O) groups is 2. The van der Waals surface area contributed by atoms with Crippen LogP contribution in [0.15, 0.2) is 18.2 Å². The van der Waals surface area contributed by atoms with E-state index >= 15 is 0 Å². The van der Waals surface area contributed by atoms with Crippen molar-refractivity contribution in [1.29, 1.82) is 0 Å². The van der Waals surface area contributed by atoms with Crippen molar-refractivity contribution < 1.29 is 14.7 Å². The Kier molecular flexibility index (Phi) is 3.45. The molecule has 1 aliphatic heterocycles. The standard InChI is InChI=1S/C15H19N3O3/c16-12-6-5-10(19)8-11(12)15(21)18-7-1-2-13(18)14(20)17-9-3-4-9/h5-6,8-9,13,19H,1-4,7,16H2,(H,17,20). The van der Waals surface area contributed by atoms with E-state index in [1.54, 1.807) is 4.90 Å². The van der Waals surface area contributed by atoms with Gasteiger partial charge in [0.25, 0.3) is 5.91 Å². The van der Waals surface area contributed by atoms with E-state index in [0.29, 0.717) is 18.7 Å². The number of nitrogens with zero attached hydrogens (tertiary/aromatic N) is 1. The molecule has 0 spiro atoms. The number of aromatic hydroxyl groups is 1. The third-order valence-corrected chi connectivity index (χ3v) is 4.01. The first kappa shape index (κ1) is 13.7. The number of hydrogen-bond donors (Lipinski definition) is 3. The summed E-state index contributed by atoms with van der Waals surface area (Å²) in [5.41, 5.74) is 6.37. The molecular formula is C15H19N3O3. The Morgan fingerprint density at radius 2 is 2.05 bits per heavy atom. The molecule has 1 unspecified atom stereocenters. The number of nitrogens with one attached hydrogen (secondary N) is 1. The minimum Gasteiger partial charge on any atom is -0.508 e. The molecule has 6 nitrogen and oxygen atoms in total. The SMILES string of the molecule is Nc1ccc(O)cc1C(=O)N1CCCC1C(=O)NC1CC1. The van der Waals surface area contributed by atoms with E-state index in [2.05, 4.69) is 5.32 Å². The normalized spacial score (nSPS) is 21.3. The highest BCUT2D eigenvalue weighted by atomic mass is 16.3. The van der Waals surface area contributed by atoms with E-state index in [0.717, 1.165) is 19.3 Å². The van der Waals surface area contributed by atoms with Crippen LogP contribution in [-0.2, 0) is 4.79 Å². The van der Waals surface area contributed by atoms with Gasteiger partial charge in [-0.15, -0.1) is 0 Å². The van der Waals surface area contributed by atoms with E-state index in [1.165, 1.54) is 18.2 Å². The summed E-state index contributed by atoms with van der Waals surface area (Å²) in [6, 6.07) is 4.14. The van der Waals surface area contributed by atoms with Gasteiger partial charge < -0.3 is 21.1 Å². The molecule has 2 fully saturated rings. The topological polar surface area (TPSA) is 95.7 Å². The molecule has 112 valence electrons. The van der Waals surface area contributed by atoms with Crippen molar-refractivity contribution in [3.05, 3.63) is 23.8 Å². The van der Waals surface area contributed by atoms with Gasteiger partial charge in [0.15, 0.2) is 0 Å². The summed E-state index contributed by atoms with van der Waals surface area (Å²) < 4.78 is 0. The Hall–Kier alpha value is -2.24. The molecule has 3 rings (SSSR count). The molecular weight excluding hydrogens is 270 g/mol. The van der Waals surface area contributed by atoms with Gasteiger partial charge in [-0.25, -0.2) is 0 Å². The van der Waals surface area contributed by atoms with Gasteiger partial charge in [0.05, 0.1) is 5.56 Å². The second-order valence-corrected chi connectivity index (χ2v) is 5.71. The van der Waals surface area contributed by atoms with Gasteiger partial charge in [0.1, 0.15) is 11.8 Å². The number of amides is 2. The number of carbonyl (C=O) groups excluding carboxylic acids is 2. The number of likely N-dealkylation sites (tertiary alicyclic amines) is 1. The number of hydrogen-bond acceptors (Lipinski definition) is 4. The molecule has 1 saturated heterocycles. The first-order chi connectivity index (χ1) is 10.1. The lowest BCUT2D eigenvalue weighted by Gasteiger charge is -2.24. The van der Waals surface area contributed by atoms with Crippen LogP contribution in [0.4, 0.5) is 5.69 Å². The van der Waals surface area contributed by atoms with Gasteiger partial charge >= 0.3 is 0 Å². The summed E-state index contributed by atoms with van der Waals surface area (Å²) in [5.74, 6) is -0.385. The average Bonchev–Trinajstić information content (AvgIpc) is 3.13. The van der Waals surface area contributed by atoms with Crippen LogP contribution in [0.3, 0.4) is 0 Å². The highest BCUT2D eigenvalue weighted by Crippen LogP contribution is 2.26. The first-order valence-corrected chi connectivity index (χ1v) is 7.26. The number of anilines is 1. The fourth-order valence-electron chi connectivity index (χ4n) is 2.69.